The second-order valence-electron chi connectivity index (χ2n) is 8.29. The van der Waals surface area contributed by atoms with E-state index in [9.17, 15) is 18.4 Å². The third-order valence-electron chi connectivity index (χ3n) is 5.83. The number of likely N-dealkylation sites (tertiary alicyclic amines) is 1. The van der Waals surface area contributed by atoms with E-state index in [1.165, 1.54) is 4.90 Å². The van der Waals surface area contributed by atoms with E-state index in [1.54, 1.807) is 25.1 Å². The average molecular weight is 437 g/mol. The molecule has 1 fully saturated rings. The first-order valence-corrected chi connectivity index (χ1v) is 10.6. The molecule has 1 saturated heterocycles. The number of rotatable bonds is 4. The first-order valence-electron chi connectivity index (χ1n) is 10.6. The first-order chi connectivity index (χ1) is 15.3. The summed E-state index contributed by atoms with van der Waals surface area (Å²) in [4.78, 5) is 29.1. The van der Waals surface area contributed by atoms with E-state index < -0.39 is 17.6 Å². The van der Waals surface area contributed by atoms with Crippen LogP contribution in [0.3, 0.4) is 0 Å². The molecule has 2 amide bonds. The van der Waals surface area contributed by atoms with E-state index in [1.807, 2.05) is 36.4 Å². The van der Waals surface area contributed by atoms with Crippen LogP contribution >= 0.6 is 0 Å². The van der Waals surface area contributed by atoms with Gasteiger partial charge in [-0.2, -0.15) is 0 Å². The minimum absolute atomic E-state index is 0.0631. The molecular formula is C25H25F2N3O2. The van der Waals surface area contributed by atoms with Gasteiger partial charge in [-0.25, -0.2) is 8.78 Å². The Morgan fingerprint density at radius 2 is 1.72 bits per heavy atom. The summed E-state index contributed by atoms with van der Waals surface area (Å²) in [5.74, 6) is -2.42. The summed E-state index contributed by atoms with van der Waals surface area (Å²) < 4.78 is 28.5. The number of amides is 2. The van der Waals surface area contributed by atoms with Gasteiger partial charge in [0.25, 0.3) is 5.91 Å². The summed E-state index contributed by atoms with van der Waals surface area (Å²) in [5, 5.41) is 4.47. The van der Waals surface area contributed by atoms with Crippen molar-refractivity contribution in [3.63, 3.8) is 0 Å². The fourth-order valence-corrected chi connectivity index (χ4v) is 4.27. The number of benzene rings is 3. The summed E-state index contributed by atoms with van der Waals surface area (Å²) in [6.45, 7) is 0.821. The van der Waals surface area contributed by atoms with Crippen molar-refractivity contribution in [2.75, 3.05) is 37.4 Å². The van der Waals surface area contributed by atoms with Crippen LogP contribution in [0.5, 0.6) is 0 Å². The zero-order valence-electron chi connectivity index (χ0n) is 18.1. The van der Waals surface area contributed by atoms with Crippen LogP contribution in [-0.4, -0.2) is 43.9 Å². The molecule has 1 aliphatic heterocycles. The molecule has 1 heterocycles. The van der Waals surface area contributed by atoms with Gasteiger partial charge in [0.1, 0.15) is 5.69 Å². The molecule has 0 saturated carbocycles. The van der Waals surface area contributed by atoms with Crippen LogP contribution in [0.15, 0.2) is 54.6 Å². The maximum atomic E-state index is 14.3. The van der Waals surface area contributed by atoms with E-state index in [0.29, 0.717) is 24.9 Å². The molecule has 1 unspecified atom stereocenters. The number of carbonyl (C=O) groups is 2. The molecule has 1 atom stereocenters. The number of halogens is 2. The Morgan fingerprint density at radius 3 is 2.44 bits per heavy atom. The van der Waals surface area contributed by atoms with Crippen LogP contribution in [0, 0.1) is 17.6 Å². The fraction of sp³-hybridized carbons (Fsp3) is 0.280. The lowest BCUT2D eigenvalue weighted by atomic mass is 9.95. The molecule has 32 heavy (non-hydrogen) atoms. The second kappa shape index (κ2) is 8.94. The highest BCUT2D eigenvalue weighted by molar-refractivity contribution is 6.07. The zero-order chi connectivity index (χ0) is 22.8. The number of hydrogen-bond donors (Lipinski definition) is 1. The highest BCUT2D eigenvalue weighted by Gasteiger charge is 2.30. The van der Waals surface area contributed by atoms with Gasteiger partial charge >= 0.3 is 0 Å². The molecule has 1 N–H and O–H groups in total. The highest BCUT2D eigenvalue weighted by Crippen LogP contribution is 2.27. The third kappa shape index (κ3) is 4.28. The van der Waals surface area contributed by atoms with Crippen LogP contribution in [0.4, 0.5) is 20.2 Å². The van der Waals surface area contributed by atoms with Crippen LogP contribution < -0.4 is 10.2 Å². The smallest absolute Gasteiger partial charge is 0.254 e. The van der Waals surface area contributed by atoms with Gasteiger partial charge < -0.3 is 15.1 Å². The molecule has 0 radical (unpaired) electrons. The molecule has 7 heteroatoms. The van der Waals surface area contributed by atoms with Crippen molar-refractivity contribution >= 4 is 34.0 Å². The summed E-state index contributed by atoms with van der Waals surface area (Å²) in [7, 11) is 3.09. The second-order valence-corrected chi connectivity index (χ2v) is 8.29. The van der Waals surface area contributed by atoms with E-state index in [2.05, 4.69) is 5.32 Å². The SMILES string of the molecule is CN(C)c1c(F)cc(NC(=O)C2CCCN(C(=O)c3cccc4ccccc34)C2)cc1F. The van der Waals surface area contributed by atoms with E-state index in [0.717, 1.165) is 22.9 Å². The minimum atomic E-state index is -0.748. The molecular weight excluding hydrogens is 412 g/mol. The van der Waals surface area contributed by atoms with Crippen molar-refractivity contribution in [2.45, 2.75) is 12.8 Å². The fourth-order valence-electron chi connectivity index (χ4n) is 4.27. The lowest BCUT2D eigenvalue weighted by Gasteiger charge is -2.32. The van der Waals surface area contributed by atoms with Crippen molar-refractivity contribution in [2.24, 2.45) is 5.92 Å². The molecule has 3 aromatic carbocycles. The summed E-state index contributed by atoms with van der Waals surface area (Å²) in [6.07, 6.45) is 1.28. The van der Waals surface area contributed by atoms with Gasteiger partial charge in [-0.1, -0.05) is 36.4 Å². The molecule has 0 aromatic heterocycles. The van der Waals surface area contributed by atoms with Gasteiger partial charge in [-0.15, -0.1) is 0 Å². The molecule has 0 bridgehead atoms. The van der Waals surface area contributed by atoms with Gasteiger partial charge in [0.2, 0.25) is 5.91 Å². The van der Waals surface area contributed by atoms with Crippen molar-refractivity contribution in [3.05, 3.63) is 71.8 Å². The van der Waals surface area contributed by atoms with Crippen LogP contribution in [-0.2, 0) is 4.79 Å². The Hall–Kier alpha value is -3.48. The molecule has 1 aliphatic rings. The average Bonchev–Trinajstić information content (AvgIpc) is 2.77. The monoisotopic (exact) mass is 437 g/mol. The minimum Gasteiger partial charge on any atom is -0.373 e. The Balaban J connectivity index is 1.49. The van der Waals surface area contributed by atoms with Crippen LogP contribution in [0.2, 0.25) is 0 Å². The van der Waals surface area contributed by atoms with E-state index >= 15 is 0 Å². The maximum absolute atomic E-state index is 14.3. The van der Waals surface area contributed by atoms with E-state index in [-0.39, 0.29) is 29.7 Å². The quantitative estimate of drug-likeness (QED) is 0.645. The van der Waals surface area contributed by atoms with Crippen LogP contribution in [0.25, 0.3) is 10.8 Å². The number of nitrogens with one attached hydrogen (secondary N) is 1. The Morgan fingerprint density at radius 1 is 1.03 bits per heavy atom. The van der Waals surface area contributed by atoms with Gasteiger partial charge in [-0.05, 0) is 41.8 Å². The largest absolute Gasteiger partial charge is 0.373 e. The number of fused-ring (bicyclic) bond motifs is 1. The Labute approximate surface area is 185 Å². The van der Waals surface area contributed by atoms with Gasteiger partial charge in [0.15, 0.2) is 11.6 Å². The number of anilines is 2. The Kier molecular flexibility index (Phi) is 6.08. The lowest BCUT2D eigenvalue weighted by molar-refractivity contribution is -0.121. The normalized spacial score (nSPS) is 16.1. The Bertz CT molecular complexity index is 1150. The number of hydrogen-bond acceptors (Lipinski definition) is 3. The highest BCUT2D eigenvalue weighted by atomic mass is 19.1. The van der Waals surface area contributed by atoms with Crippen molar-refractivity contribution in [1.82, 2.24) is 4.90 Å². The van der Waals surface area contributed by atoms with Gasteiger partial charge in [-0.3, -0.25) is 9.59 Å². The summed E-state index contributed by atoms with van der Waals surface area (Å²) in [6, 6.07) is 15.5. The molecule has 0 spiro atoms. The molecule has 5 nitrogen and oxygen atoms in total. The van der Waals surface area contributed by atoms with Crippen molar-refractivity contribution in [3.8, 4) is 0 Å². The zero-order valence-corrected chi connectivity index (χ0v) is 18.1. The van der Waals surface area contributed by atoms with Crippen LogP contribution in [0.1, 0.15) is 23.2 Å². The maximum Gasteiger partial charge on any atom is 0.254 e. The van der Waals surface area contributed by atoms with Gasteiger partial charge in [0.05, 0.1) is 5.92 Å². The lowest BCUT2D eigenvalue weighted by Crippen LogP contribution is -2.43. The molecule has 4 rings (SSSR count). The standard InChI is InChI=1S/C25H25F2N3O2/c1-29(2)23-21(26)13-18(14-22(23)27)28-24(31)17-9-6-12-30(15-17)25(32)20-11-5-8-16-7-3-4-10-19(16)20/h3-5,7-8,10-11,13-14,17H,6,9,12,15H2,1-2H3,(H,28,31). The molecule has 3 aromatic rings. The summed E-state index contributed by atoms with van der Waals surface area (Å²) in [5.41, 5.74) is 0.508. The third-order valence-corrected chi connectivity index (χ3v) is 5.83. The topological polar surface area (TPSA) is 52.7 Å². The van der Waals surface area contributed by atoms with Crippen molar-refractivity contribution in [1.29, 1.82) is 0 Å². The number of carbonyl (C=O) groups excluding carboxylic acids is 2. The predicted octanol–water partition coefficient (Wildman–Crippen LogP) is 4.67. The number of nitrogens with zero attached hydrogens (tertiary/aromatic N) is 2. The summed E-state index contributed by atoms with van der Waals surface area (Å²) >= 11 is 0. The van der Waals surface area contributed by atoms with Gasteiger partial charge in [0, 0.05) is 38.4 Å². The predicted molar refractivity (Wildman–Crippen MR) is 122 cm³/mol. The molecule has 166 valence electrons. The van der Waals surface area contributed by atoms with Crippen molar-refractivity contribution < 1.29 is 18.4 Å². The van der Waals surface area contributed by atoms with E-state index in [4.69, 9.17) is 0 Å². The number of piperidine rings is 1. The first kappa shape index (κ1) is 21.7. The molecule has 0 aliphatic carbocycles.